The van der Waals surface area contributed by atoms with Crippen molar-refractivity contribution >= 4 is 23.1 Å². The van der Waals surface area contributed by atoms with E-state index in [0.29, 0.717) is 5.69 Å². The van der Waals surface area contributed by atoms with Gasteiger partial charge in [-0.15, -0.1) is 11.8 Å². The first kappa shape index (κ1) is 13.5. The Kier molecular flexibility index (Phi) is 4.46. The molecular weight excluding hydrogens is 264 g/mol. The van der Waals surface area contributed by atoms with Crippen LogP contribution in [-0.4, -0.2) is 12.0 Å². The molecule has 19 heavy (non-hydrogen) atoms. The number of furan rings is 1. The van der Waals surface area contributed by atoms with Crippen LogP contribution in [0.5, 0.6) is 0 Å². The van der Waals surface area contributed by atoms with Gasteiger partial charge >= 0.3 is 0 Å². The maximum atomic E-state index is 10.8. The summed E-state index contributed by atoms with van der Waals surface area (Å²) in [4.78, 5) is 10.4. The second-order valence-corrected chi connectivity index (χ2v) is 4.92. The lowest BCUT2D eigenvalue weighted by molar-refractivity contribution is -0.383. The molecule has 0 unspecified atom stereocenters. The van der Waals surface area contributed by atoms with E-state index in [1.54, 1.807) is 31.1 Å². The van der Waals surface area contributed by atoms with Gasteiger partial charge in [0.1, 0.15) is 11.4 Å². The van der Waals surface area contributed by atoms with E-state index >= 15 is 0 Å². The van der Waals surface area contributed by atoms with E-state index in [1.165, 1.54) is 6.07 Å². The van der Waals surface area contributed by atoms with Crippen LogP contribution in [-0.2, 0) is 11.5 Å². The fourth-order valence-electron chi connectivity index (χ4n) is 1.70. The predicted octanol–water partition coefficient (Wildman–Crippen LogP) is 3.66. The monoisotopic (exact) mass is 278 g/mol. The molecule has 0 saturated heterocycles. The lowest BCUT2D eigenvalue weighted by atomic mass is 10.2. The maximum Gasteiger partial charge on any atom is 0.292 e. The minimum Gasteiger partial charge on any atom is -0.468 e. The third kappa shape index (κ3) is 3.51. The van der Waals surface area contributed by atoms with Gasteiger partial charge in [-0.3, -0.25) is 10.1 Å². The van der Waals surface area contributed by atoms with Crippen LogP contribution in [0.25, 0.3) is 0 Å². The largest absolute Gasteiger partial charge is 0.468 e. The van der Waals surface area contributed by atoms with Crippen molar-refractivity contribution in [2.24, 2.45) is 0 Å². The molecule has 0 radical (unpaired) electrons. The molecule has 0 amide bonds. The van der Waals surface area contributed by atoms with Crippen LogP contribution in [0.4, 0.5) is 11.4 Å². The summed E-state index contributed by atoms with van der Waals surface area (Å²) in [7, 11) is 1.68. The number of thioether (sulfide) groups is 1. The molecule has 0 spiro atoms. The smallest absolute Gasteiger partial charge is 0.292 e. The van der Waals surface area contributed by atoms with Crippen molar-refractivity contribution in [2.45, 2.75) is 11.5 Å². The van der Waals surface area contributed by atoms with Crippen LogP contribution >= 0.6 is 11.8 Å². The summed E-state index contributed by atoms with van der Waals surface area (Å²) in [5.74, 6) is 2.51. The van der Waals surface area contributed by atoms with Gasteiger partial charge in [0, 0.05) is 18.9 Å². The van der Waals surface area contributed by atoms with Gasteiger partial charge in [0.15, 0.2) is 0 Å². The molecule has 100 valence electrons. The Hall–Kier alpha value is -1.95. The lowest BCUT2D eigenvalue weighted by Gasteiger charge is -2.05. The fraction of sp³-hybridized carbons (Fsp3) is 0.231. The SMILES string of the molecule is CNc1cc(CSCc2ccco2)ccc1[N+](=O)[O-]. The van der Waals surface area contributed by atoms with Gasteiger partial charge in [0.2, 0.25) is 0 Å². The topological polar surface area (TPSA) is 68.3 Å². The van der Waals surface area contributed by atoms with Gasteiger partial charge in [-0.1, -0.05) is 6.07 Å². The summed E-state index contributed by atoms with van der Waals surface area (Å²) in [5, 5.41) is 13.7. The second kappa shape index (κ2) is 6.29. The summed E-state index contributed by atoms with van der Waals surface area (Å²) in [6, 6.07) is 8.93. The Morgan fingerprint density at radius 2 is 2.21 bits per heavy atom. The zero-order chi connectivity index (χ0) is 13.7. The molecular formula is C13H14N2O3S. The summed E-state index contributed by atoms with van der Waals surface area (Å²) in [6.45, 7) is 0. The number of nitro groups is 1. The first-order valence-electron chi connectivity index (χ1n) is 5.76. The van der Waals surface area contributed by atoms with Crippen LogP contribution in [0.3, 0.4) is 0 Å². The van der Waals surface area contributed by atoms with Gasteiger partial charge in [-0.25, -0.2) is 0 Å². The molecule has 0 atom stereocenters. The number of rotatable bonds is 6. The summed E-state index contributed by atoms with van der Waals surface area (Å²) in [5.41, 5.74) is 1.69. The highest BCUT2D eigenvalue weighted by Gasteiger charge is 2.12. The highest BCUT2D eigenvalue weighted by Crippen LogP contribution is 2.27. The standard InChI is InChI=1S/C13H14N2O3S/c1-14-12-7-10(4-5-13(12)15(16)17)8-19-9-11-3-2-6-18-11/h2-7,14H,8-9H2,1H3. The zero-order valence-electron chi connectivity index (χ0n) is 10.5. The van der Waals surface area contributed by atoms with Gasteiger partial charge in [0.25, 0.3) is 5.69 Å². The number of nitrogens with one attached hydrogen (secondary N) is 1. The molecule has 1 N–H and O–H groups in total. The molecule has 5 nitrogen and oxygen atoms in total. The van der Waals surface area contributed by atoms with Gasteiger partial charge in [0.05, 0.1) is 16.9 Å². The van der Waals surface area contributed by atoms with E-state index in [9.17, 15) is 10.1 Å². The molecule has 2 aromatic rings. The van der Waals surface area contributed by atoms with Crippen molar-refractivity contribution in [3.8, 4) is 0 Å². The third-order valence-corrected chi connectivity index (χ3v) is 3.65. The van der Waals surface area contributed by atoms with Crippen molar-refractivity contribution < 1.29 is 9.34 Å². The van der Waals surface area contributed by atoms with Crippen LogP contribution < -0.4 is 5.32 Å². The number of nitro benzene ring substituents is 1. The predicted molar refractivity (Wildman–Crippen MR) is 76.4 cm³/mol. The Bertz CT molecular complexity index is 555. The summed E-state index contributed by atoms with van der Waals surface area (Å²) >= 11 is 1.71. The number of hydrogen-bond acceptors (Lipinski definition) is 5. The normalized spacial score (nSPS) is 10.4. The number of benzene rings is 1. The van der Waals surface area contributed by atoms with Gasteiger partial charge in [-0.2, -0.15) is 0 Å². The van der Waals surface area contributed by atoms with Crippen molar-refractivity contribution in [1.29, 1.82) is 0 Å². The maximum absolute atomic E-state index is 10.8. The van der Waals surface area contributed by atoms with E-state index < -0.39 is 0 Å². The van der Waals surface area contributed by atoms with Crippen molar-refractivity contribution in [2.75, 3.05) is 12.4 Å². The molecule has 1 heterocycles. The van der Waals surface area contributed by atoms with Gasteiger partial charge < -0.3 is 9.73 Å². The summed E-state index contributed by atoms with van der Waals surface area (Å²) in [6.07, 6.45) is 1.65. The molecule has 0 aliphatic carbocycles. The molecule has 0 aliphatic rings. The second-order valence-electron chi connectivity index (χ2n) is 3.93. The van der Waals surface area contributed by atoms with Crippen molar-refractivity contribution in [3.05, 3.63) is 58.0 Å². The molecule has 1 aromatic carbocycles. The Morgan fingerprint density at radius 3 is 2.84 bits per heavy atom. The number of anilines is 1. The van der Waals surface area contributed by atoms with Crippen LogP contribution in [0.2, 0.25) is 0 Å². The van der Waals surface area contributed by atoms with E-state index in [0.717, 1.165) is 22.8 Å². The van der Waals surface area contributed by atoms with Crippen LogP contribution in [0.1, 0.15) is 11.3 Å². The summed E-state index contributed by atoms with van der Waals surface area (Å²) < 4.78 is 5.24. The first-order valence-corrected chi connectivity index (χ1v) is 6.91. The third-order valence-electron chi connectivity index (χ3n) is 2.62. The molecule has 0 aliphatic heterocycles. The highest BCUT2D eigenvalue weighted by molar-refractivity contribution is 7.97. The average Bonchev–Trinajstić information content (AvgIpc) is 2.91. The van der Waals surface area contributed by atoms with Gasteiger partial charge in [-0.05, 0) is 23.8 Å². The van der Waals surface area contributed by atoms with Crippen LogP contribution in [0, 0.1) is 10.1 Å². The van der Waals surface area contributed by atoms with Crippen molar-refractivity contribution in [1.82, 2.24) is 0 Å². The Labute approximate surface area is 115 Å². The van der Waals surface area contributed by atoms with E-state index in [4.69, 9.17) is 4.42 Å². The minimum atomic E-state index is -0.383. The molecule has 0 saturated carbocycles. The zero-order valence-corrected chi connectivity index (χ0v) is 11.3. The quantitative estimate of drug-likeness (QED) is 0.645. The average molecular weight is 278 g/mol. The number of nitrogens with zero attached hydrogens (tertiary/aromatic N) is 1. The molecule has 2 rings (SSSR count). The Balaban J connectivity index is 1.99. The molecule has 1 aromatic heterocycles. The van der Waals surface area contributed by atoms with Crippen LogP contribution in [0.15, 0.2) is 41.0 Å². The van der Waals surface area contributed by atoms with E-state index in [-0.39, 0.29) is 10.6 Å². The first-order chi connectivity index (χ1) is 9.20. The van der Waals surface area contributed by atoms with E-state index in [2.05, 4.69) is 5.32 Å². The molecule has 6 heteroatoms. The minimum absolute atomic E-state index is 0.0993. The Morgan fingerprint density at radius 1 is 1.37 bits per heavy atom. The molecule has 0 bridgehead atoms. The number of hydrogen-bond donors (Lipinski definition) is 1. The molecule has 0 fully saturated rings. The van der Waals surface area contributed by atoms with Crippen molar-refractivity contribution in [3.63, 3.8) is 0 Å². The highest BCUT2D eigenvalue weighted by atomic mass is 32.2. The lowest BCUT2D eigenvalue weighted by Crippen LogP contribution is -1.97. The van der Waals surface area contributed by atoms with E-state index in [1.807, 2.05) is 18.2 Å². The fourth-order valence-corrected chi connectivity index (χ4v) is 2.58.